The van der Waals surface area contributed by atoms with Gasteiger partial charge in [-0.3, -0.25) is 18.9 Å². The van der Waals surface area contributed by atoms with Gasteiger partial charge in [0.15, 0.2) is 5.25 Å². The van der Waals surface area contributed by atoms with Gasteiger partial charge >= 0.3 is 5.97 Å². The van der Waals surface area contributed by atoms with Crippen molar-refractivity contribution in [3.05, 3.63) is 0 Å². The first-order chi connectivity index (χ1) is 15.7. The summed E-state index contributed by atoms with van der Waals surface area (Å²) in [5.41, 5.74) is 0. The van der Waals surface area contributed by atoms with Gasteiger partial charge in [0.1, 0.15) is 5.78 Å². The minimum absolute atomic E-state index is 0.0542. The summed E-state index contributed by atoms with van der Waals surface area (Å²) >= 11 is 0. The first-order valence-electron chi connectivity index (χ1n) is 11.4. The van der Waals surface area contributed by atoms with Crippen LogP contribution in [0, 0.1) is 5.92 Å². The number of Topliss-reactive ketones (excluding diaryl/α,β-unsaturated/α-hetero) is 1. The smallest absolute Gasteiger partial charge is 0.335 e. The van der Waals surface area contributed by atoms with E-state index < -0.39 is 39.6 Å². The number of rotatable bonds is 12. The van der Waals surface area contributed by atoms with Gasteiger partial charge in [0.05, 0.1) is 39.3 Å². The van der Waals surface area contributed by atoms with Crippen molar-refractivity contribution in [1.82, 2.24) is 5.06 Å². The van der Waals surface area contributed by atoms with Gasteiger partial charge < -0.3 is 14.3 Å². The topological polar surface area (TPSA) is 154 Å². The number of nitrogens with zero attached hydrogens (tertiary/aromatic N) is 1. The molecule has 0 aromatic heterocycles. The molecule has 1 N–H and O–H groups in total. The van der Waals surface area contributed by atoms with Gasteiger partial charge in [0, 0.05) is 12.3 Å². The molecule has 1 saturated carbocycles. The van der Waals surface area contributed by atoms with Crippen LogP contribution in [-0.2, 0) is 43.6 Å². The Morgan fingerprint density at radius 3 is 1.97 bits per heavy atom. The minimum atomic E-state index is -4.77. The third-order valence-corrected chi connectivity index (χ3v) is 6.83. The highest BCUT2D eigenvalue weighted by Gasteiger charge is 2.48. The average molecular weight is 492 g/mol. The van der Waals surface area contributed by atoms with Crippen molar-refractivity contribution in [2.45, 2.75) is 75.9 Å². The highest BCUT2D eigenvalue weighted by Crippen LogP contribution is 2.23. The van der Waals surface area contributed by atoms with Crippen molar-refractivity contribution >= 4 is 33.7 Å². The van der Waals surface area contributed by atoms with E-state index in [1.54, 1.807) is 0 Å². The van der Waals surface area contributed by atoms with E-state index in [1.807, 2.05) is 0 Å². The van der Waals surface area contributed by atoms with Crippen LogP contribution in [0.2, 0.25) is 0 Å². The zero-order valence-corrected chi connectivity index (χ0v) is 19.6. The SMILES string of the molecule is O=C(CCOCCOCCC(=O)C1CCCCCCCC1)ON1C(=O)CC(S(=O)(=O)O)C1=O. The number of carbonyl (C=O) groups excluding carboxylic acids is 4. The van der Waals surface area contributed by atoms with Crippen LogP contribution >= 0.6 is 0 Å². The molecule has 1 aliphatic carbocycles. The molecule has 188 valence electrons. The molecule has 1 aliphatic heterocycles. The summed E-state index contributed by atoms with van der Waals surface area (Å²) in [6.07, 6.45) is 8.34. The minimum Gasteiger partial charge on any atom is -0.379 e. The fraction of sp³-hybridized carbons (Fsp3) is 0.810. The summed E-state index contributed by atoms with van der Waals surface area (Å²) in [4.78, 5) is 52.1. The lowest BCUT2D eigenvalue weighted by atomic mass is 9.91. The molecule has 2 rings (SSSR count). The predicted molar refractivity (Wildman–Crippen MR) is 114 cm³/mol. The number of imide groups is 1. The zero-order chi connectivity index (χ0) is 24.3. The van der Waals surface area contributed by atoms with E-state index in [2.05, 4.69) is 4.84 Å². The Morgan fingerprint density at radius 2 is 1.42 bits per heavy atom. The number of hydrogen-bond donors (Lipinski definition) is 1. The summed E-state index contributed by atoms with van der Waals surface area (Å²) in [6, 6.07) is 0. The molecular weight excluding hydrogens is 458 g/mol. The molecule has 12 heteroatoms. The van der Waals surface area contributed by atoms with Crippen LogP contribution in [0.15, 0.2) is 0 Å². The molecule has 0 aromatic carbocycles. The third kappa shape index (κ3) is 9.48. The van der Waals surface area contributed by atoms with Gasteiger partial charge in [0.25, 0.3) is 21.9 Å². The first-order valence-corrected chi connectivity index (χ1v) is 12.9. The molecule has 2 fully saturated rings. The molecule has 1 saturated heterocycles. The van der Waals surface area contributed by atoms with Crippen LogP contribution in [0.1, 0.15) is 70.6 Å². The second kappa shape index (κ2) is 13.7. The normalized spacial score (nSPS) is 20.9. The van der Waals surface area contributed by atoms with Crippen molar-refractivity contribution in [3.63, 3.8) is 0 Å². The second-order valence-corrected chi connectivity index (χ2v) is 9.88. The molecular formula is C21H33NO10S. The van der Waals surface area contributed by atoms with E-state index in [0.717, 1.165) is 25.7 Å². The van der Waals surface area contributed by atoms with Crippen molar-refractivity contribution in [2.24, 2.45) is 5.92 Å². The van der Waals surface area contributed by atoms with Crippen LogP contribution in [0.25, 0.3) is 0 Å². The number of ether oxygens (including phenoxy) is 2. The molecule has 2 amide bonds. The fourth-order valence-corrected chi connectivity index (χ4v) is 4.57. The third-order valence-electron chi connectivity index (χ3n) is 5.74. The molecule has 0 aromatic rings. The van der Waals surface area contributed by atoms with E-state index in [-0.39, 0.29) is 43.0 Å². The van der Waals surface area contributed by atoms with E-state index in [4.69, 9.17) is 14.0 Å². The van der Waals surface area contributed by atoms with Crippen LogP contribution in [0.4, 0.5) is 0 Å². The molecule has 11 nitrogen and oxygen atoms in total. The Kier molecular flexibility index (Phi) is 11.4. The van der Waals surface area contributed by atoms with Crippen LogP contribution in [-0.4, -0.2) is 73.3 Å². The van der Waals surface area contributed by atoms with Crippen molar-refractivity contribution < 1.29 is 46.5 Å². The monoisotopic (exact) mass is 491 g/mol. The molecule has 2 aliphatic rings. The van der Waals surface area contributed by atoms with E-state index in [0.29, 0.717) is 13.0 Å². The van der Waals surface area contributed by atoms with Gasteiger partial charge in [-0.25, -0.2) is 4.79 Å². The van der Waals surface area contributed by atoms with E-state index in [9.17, 15) is 27.6 Å². The summed E-state index contributed by atoms with van der Waals surface area (Å²) in [6.45, 7) is 0.666. The van der Waals surface area contributed by atoms with Crippen LogP contribution in [0.5, 0.6) is 0 Å². The molecule has 0 spiro atoms. The number of hydrogen-bond acceptors (Lipinski definition) is 9. The number of hydroxylamine groups is 2. The van der Waals surface area contributed by atoms with Crippen LogP contribution < -0.4 is 0 Å². The van der Waals surface area contributed by atoms with Gasteiger partial charge in [0.2, 0.25) is 0 Å². The largest absolute Gasteiger partial charge is 0.379 e. The maximum atomic E-state index is 12.4. The molecule has 0 radical (unpaired) electrons. The Morgan fingerprint density at radius 1 is 0.879 bits per heavy atom. The number of ketones is 1. The highest BCUT2D eigenvalue weighted by molar-refractivity contribution is 7.87. The zero-order valence-electron chi connectivity index (χ0n) is 18.7. The van der Waals surface area contributed by atoms with Crippen molar-refractivity contribution in [2.75, 3.05) is 26.4 Å². The van der Waals surface area contributed by atoms with Crippen molar-refractivity contribution in [3.8, 4) is 0 Å². The average Bonchev–Trinajstić information content (AvgIpc) is 3.11. The van der Waals surface area contributed by atoms with Gasteiger partial charge in [-0.2, -0.15) is 8.42 Å². The number of amides is 2. The molecule has 33 heavy (non-hydrogen) atoms. The standard InChI is InChI=1S/C21H33NO10S/c23-17(16-7-5-3-1-2-4-6-8-16)9-11-30-13-14-31-12-10-20(25)32-22-19(24)15-18(21(22)26)33(27,28)29/h16,18H,1-15H2,(H,27,28,29). The summed E-state index contributed by atoms with van der Waals surface area (Å²) in [5.74, 6) is -2.92. The van der Waals surface area contributed by atoms with Crippen LogP contribution in [0.3, 0.4) is 0 Å². The quantitative estimate of drug-likeness (QED) is 0.242. The summed E-state index contributed by atoms with van der Waals surface area (Å²) in [5, 5.41) is -1.91. The van der Waals surface area contributed by atoms with E-state index >= 15 is 0 Å². The Bertz CT molecular complexity index is 787. The second-order valence-electron chi connectivity index (χ2n) is 8.28. The Hall–Kier alpha value is -1.89. The lowest BCUT2D eigenvalue weighted by Crippen LogP contribution is -2.36. The Labute approximate surface area is 193 Å². The van der Waals surface area contributed by atoms with Gasteiger partial charge in [-0.15, -0.1) is 5.06 Å². The lowest BCUT2D eigenvalue weighted by Gasteiger charge is -2.14. The van der Waals surface area contributed by atoms with Gasteiger partial charge in [-0.1, -0.05) is 38.5 Å². The maximum Gasteiger partial charge on any atom is 0.335 e. The van der Waals surface area contributed by atoms with Gasteiger partial charge in [-0.05, 0) is 12.8 Å². The van der Waals surface area contributed by atoms with E-state index in [1.165, 1.54) is 25.7 Å². The lowest BCUT2D eigenvalue weighted by molar-refractivity contribution is -0.198. The Balaban J connectivity index is 1.53. The molecule has 1 atom stereocenters. The predicted octanol–water partition coefficient (Wildman–Crippen LogP) is 1.59. The molecule has 1 heterocycles. The first kappa shape index (κ1) is 27.4. The highest BCUT2D eigenvalue weighted by atomic mass is 32.2. The van der Waals surface area contributed by atoms with Crippen molar-refractivity contribution in [1.29, 1.82) is 0 Å². The maximum absolute atomic E-state index is 12.4. The number of carbonyl (C=O) groups is 4. The fourth-order valence-electron chi connectivity index (χ4n) is 3.87. The summed E-state index contributed by atoms with van der Waals surface area (Å²) in [7, 11) is -4.77. The summed E-state index contributed by atoms with van der Waals surface area (Å²) < 4.78 is 41.7. The molecule has 0 bridgehead atoms. The molecule has 1 unspecified atom stereocenters.